The van der Waals surface area contributed by atoms with Crippen LogP contribution in [0.3, 0.4) is 0 Å². The van der Waals surface area contributed by atoms with Crippen molar-refractivity contribution in [1.82, 2.24) is 15.1 Å². The summed E-state index contributed by atoms with van der Waals surface area (Å²) >= 11 is 0. The Bertz CT molecular complexity index is 644. The van der Waals surface area contributed by atoms with Gasteiger partial charge in [-0.15, -0.1) is 0 Å². The van der Waals surface area contributed by atoms with Gasteiger partial charge in [-0.05, 0) is 37.7 Å². The van der Waals surface area contributed by atoms with Crippen LogP contribution < -0.4 is 10.6 Å². The summed E-state index contributed by atoms with van der Waals surface area (Å²) in [4.78, 5) is 29.0. The predicted molar refractivity (Wildman–Crippen MR) is 94.0 cm³/mol. The number of benzene rings is 1. The normalized spacial score (nSPS) is 21.5. The zero-order valence-electron chi connectivity index (χ0n) is 14.6. The molecule has 0 saturated carbocycles. The summed E-state index contributed by atoms with van der Waals surface area (Å²) in [5, 5.41) is 5.56. The van der Waals surface area contributed by atoms with Crippen LogP contribution in [0.2, 0.25) is 0 Å². The summed E-state index contributed by atoms with van der Waals surface area (Å²) in [7, 11) is 2.13. The molecule has 1 atom stereocenters. The van der Waals surface area contributed by atoms with E-state index in [0.29, 0.717) is 17.8 Å². The molecule has 2 N–H and O–H groups in total. The summed E-state index contributed by atoms with van der Waals surface area (Å²) in [5.74, 6) is -1.39. The standard InChI is InChI=1S/C18H25FN4O2/c1-22-7-9-23(10-8-22)6-2-5-20-18(25)15-12-17(24)21-16-11-13(19)3-4-14(15)16/h3-4,11,15H,2,5-10,12H2,1H3,(H,20,25)(H,21,24)/t15-/m0/s1. The average Bonchev–Trinajstić information content (AvgIpc) is 2.59. The first-order valence-electron chi connectivity index (χ1n) is 8.81. The highest BCUT2D eigenvalue weighted by Crippen LogP contribution is 2.32. The fourth-order valence-corrected chi connectivity index (χ4v) is 3.38. The van der Waals surface area contributed by atoms with Crippen LogP contribution in [0.1, 0.15) is 24.3 Å². The Hall–Kier alpha value is -1.99. The summed E-state index contributed by atoms with van der Waals surface area (Å²) in [6, 6.07) is 4.17. The first-order chi connectivity index (χ1) is 12.0. The number of rotatable bonds is 5. The van der Waals surface area contributed by atoms with Gasteiger partial charge in [0.2, 0.25) is 11.8 Å². The van der Waals surface area contributed by atoms with E-state index in [1.807, 2.05) is 0 Å². The van der Waals surface area contributed by atoms with Crippen molar-refractivity contribution in [3.63, 3.8) is 0 Å². The lowest BCUT2D eigenvalue weighted by Crippen LogP contribution is -2.45. The molecule has 6 nitrogen and oxygen atoms in total. The van der Waals surface area contributed by atoms with Gasteiger partial charge in [0, 0.05) is 44.8 Å². The van der Waals surface area contributed by atoms with Crippen molar-refractivity contribution >= 4 is 17.5 Å². The number of halogens is 1. The smallest absolute Gasteiger partial charge is 0.228 e. The number of nitrogens with zero attached hydrogens (tertiary/aromatic N) is 2. The van der Waals surface area contributed by atoms with Gasteiger partial charge in [-0.25, -0.2) is 4.39 Å². The molecule has 0 bridgehead atoms. The van der Waals surface area contributed by atoms with E-state index in [1.54, 1.807) is 6.07 Å². The third-order valence-corrected chi connectivity index (χ3v) is 4.92. The van der Waals surface area contributed by atoms with Crippen molar-refractivity contribution in [2.45, 2.75) is 18.8 Å². The lowest BCUT2D eigenvalue weighted by Gasteiger charge is -2.32. The second-order valence-corrected chi connectivity index (χ2v) is 6.83. The highest BCUT2D eigenvalue weighted by molar-refractivity contribution is 6.01. The highest BCUT2D eigenvalue weighted by atomic mass is 19.1. The van der Waals surface area contributed by atoms with Gasteiger partial charge >= 0.3 is 0 Å². The van der Waals surface area contributed by atoms with Crippen molar-refractivity contribution in [2.75, 3.05) is 51.6 Å². The van der Waals surface area contributed by atoms with Gasteiger partial charge in [-0.3, -0.25) is 9.59 Å². The Morgan fingerprint density at radius 2 is 2.08 bits per heavy atom. The molecule has 2 aliphatic heterocycles. The van der Waals surface area contributed by atoms with Crippen LogP contribution in [-0.2, 0) is 9.59 Å². The van der Waals surface area contributed by atoms with Crippen molar-refractivity contribution in [3.8, 4) is 0 Å². The lowest BCUT2D eigenvalue weighted by molar-refractivity contribution is -0.126. The van der Waals surface area contributed by atoms with E-state index >= 15 is 0 Å². The minimum Gasteiger partial charge on any atom is -0.356 e. The Kier molecular flexibility index (Phi) is 5.65. The van der Waals surface area contributed by atoms with Gasteiger partial charge in [-0.2, -0.15) is 0 Å². The number of amides is 2. The molecule has 0 aliphatic carbocycles. The number of piperazine rings is 1. The van der Waals surface area contributed by atoms with Gasteiger partial charge in [0.05, 0.1) is 5.92 Å². The largest absolute Gasteiger partial charge is 0.356 e. The summed E-state index contributed by atoms with van der Waals surface area (Å²) in [6.07, 6.45) is 0.980. The monoisotopic (exact) mass is 348 g/mol. The molecule has 1 aromatic rings. The number of hydrogen-bond donors (Lipinski definition) is 2. The Balaban J connectivity index is 1.49. The summed E-state index contributed by atoms with van der Waals surface area (Å²) < 4.78 is 13.3. The molecule has 2 aliphatic rings. The molecular formula is C18H25FN4O2. The number of anilines is 1. The molecule has 7 heteroatoms. The topological polar surface area (TPSA) is 64.7 Å². The van der Waals surface area contributed by atoms with E-state index in [1.165, 1.54) is 12.1 Å². The SMILES string of the molecule is CN1CCN(CCCNC(=O)[C@H]2CC(=O)Nc3cc(F)ccc32)CC1. The maximum atomic E-state index is 13.3. The number of carbonyl (C=O) groups is 2. The number of hydrogen-bond acceptors (Lipinski definition) is 4. The molecule has 0 aromatic heterocycles. The van der Waals surface area contributed by atoms with E-state index in [2.05, 4.69) is 27.5 Å². The van der Waals surface area contributed by atoms with Crippen LogP contribution in [0, 0.1) is 5.82 Å². The predicted octanol–water partition coefficient (Wildman–Crippen LogP) is 1.01. The third kappa shape index (κ3) is 4.55. The fraction of sp³-hybridized carbons (Fsp3) is 0.556. The number of likely N-dealkylation sites (N-methyl/N-ethyl adjacent to an activating group) is 1. The average molecular weight is 348 g/mol. The summed E-state index contributed by atoms with van der Waals surface area (Å²) in [6.45, 7) is 5.83. The van der Waals surface area contributed by atoms with Crippen LogP contribution in [0.4, 0.5) is 10.1 Å². The molecule has 1 saturated heterocycles. The second kappa shape index (κ2) is 7.93. The fourth-order valence-electron chi connectivity index (χ4n) is 3.38. The van der Waals surface area contributed by atoms with E-state index in [9.17, 15) is 14.0 Å². The Morgan fingerprint density at radius 1 is 1.32 bits per heavy atom. The van der Waals surface area contributed by atoms with Crippen LogP contribution in [0.15, 0.2) is 18.2 Å². The highest BCUT2D eigenvalue weighted by Gasteiger charge is 2.30. The zero-order chi connectivity index (χ0) is 17.8. The second-order valence-electron chi connectivity index (χ2n) is 6.83. The summed E-state index contributed by atoms with van der Waals surface area (Å²) in [5.41, 5.74) is 1.08. The van der Waals surface area contributed by atoms with Crippen molar-refractivity contribution in [1.29, 1.82) is 0 Å². The van der Waals surface area contributed by atoms with Gasteiger partial charge in [0.1, 0.15) is 5.82 Å². The molecule has 1 fully saturated rings. The molecule has 3 rings (SSSR count). The van der Waals surface area contributed by atoms with Crippen molar-refractivity contribution < 1.29 is 14.0 Å². The van der Waals surface area contributed by atoms with E-state index in [4.69, 9.17) is 0 Å². The molecule has 0 unspecified atom stereocenters. The van der Waals surface area contributed by atoms with Gasteiger partial charge in [0.25, 0.3) is 0 Å². The molecule has 2 heterocycles. The van der Waals surface area contributed by atoms with Gasteiger partial charge in [0.15, 0.2) is 0 Å². The molecule has 0 radical (unpaired) electrons. The molecule has 1 aromatic carbocycles. The number of carbonyl (C=O) groups excluding carboxylic acids is 2. The number of nitrogens with one attached hydrogen (secondary N) is 2. The first kappa shape index (κ1) is 17.8. The zero-order valence-corrected chi connectivity index (χ0v) is 14.6. The van der Waals surface area contributed by atoms with Crippen LogP contribution in [-0.4, -0.2) is 67.9 Å². The Labute approximate surface area is 147 Å². The lowest BCUT2D eigenvalue weighted by atomic mass is 9.89. The first-order valence-corrected chi connectivity index (χ1v) is 8.81. The van der Waals surface area contributed by atoms with Crippen molar-refractivity contribution in [3.05, 3.63) is 29.6 Å². The van der Waals surface area contributed by atoms with E-state index < -0.39 is 11.7 Å². The molecule has 25 heavy (non-hydrogen) atoms. The minimum absolute atomic E-state index is 0.100. The van der Waals surface area contributed by atoms with Gasteiger partial charge < -0.3 is 20.4 Å². The molecular weight excluding hydrogens is 323 g/mol. The maximum absolute atomic E-state index is 13.3. The number of fused-ring (bicyclic) bond motifs is 1. The van der Waals surface area contributed by atoms with E-state index in [-0.39, 0.29) is 18.2 Å². The van der Waals surface area contributed by atoms with Crippen molar-refractivity contribution in [2.24, 2.45) is 0 Å². The quantitative estimate of drug-likeness (QED) is 0.780. The minimum atomic E-state index is -0.548. The molecule has 136 valence electrons. The van der Waals surface area contributed by atoms with Crippen LogP contribution in [0.5, 0.6) is 0 Å². The third-order valence-electron chi connectivity index (χ3n) is 4.92. The Morgan fingerprint density at radius 3 is 2.84 bits per heavy atom. The maximum Gasteiger partial charge on any atom is 0.228 e. The van der Waals surface area contributed by atoms with Crippen LogP contribution in [0.25, 0.3) is 0 Å². The van der Waals surface area contributed by atoms with Crippen LogP contribution >= 0.6 is 0 Å². The molecule has 2 amide bonds. The van der Waals surface area contributed by atoms with Gasteiger partial charge in [-0.1, -0.05) is 6.07 Å². The molecule has 0 spiro atoms. The van der Waals surface area contributed by atoms with E-state index in [0.717, 1.165) is 39.1 Å².